The number of carboxylic acid groups (broad SMARTS) is 1. The predicted octanol–water partition coefficient (Wildman–Crippen LogP) is 4.10. The molecule has 2 aromatic rings. The highest BCUT2D eigenvalue weighted by Crippen LogP contribution is 2.54. The first kappa shape index (κ1) is 21.3. The third-order valence-electron chi connectivity index (χ3n) is 5.65. The largest absolute Gasteiger partial charge is 0.465 e. The Morgan fingerprint density at radius 2 is 1.71 bits per heavy atom. The lowest BCUT2D eigenvalue weighted by atomic mass is 10.1. The molecule has 0 saturated carbocycles. The second-order valence-electron chi connectivity index (χ2n) is 7.42. The molecule has 1 saturated heterocycles. The number of sulfone groups is 1. The van der Waals surface area contributed by atoms with Crippen molar-refractivity contribution in [3.05, 3.63) is 54.6 Å². The van der Waals surface area contributed by atoms with Gasteiger partial charge in [0.25, 0.3) is 0 Å². The van der Waals surface area contributed by atoms with E-state index < -0.39 is 38.2 Å². The summed E-state index contributed by atoms with van der Waals surface area (Å²) in [6, 6.07) is 12.1. The van der Waals surface area contributed by atoms with Gasteiger partial charge in [-0.15, -0.1) is 0 Å². The van der Waals surface area contributed by atoms with Crippen molar-refractivity contribution in [3.63, 3.8) is 0 Å². The van der Waals surface area contributed by atoms with E-state index in [1.165, 1.54) is 42.5 Å². The van der Waals surface area contributed by atoms with Crippen molar-refractivity contribution in [2.24, 2.45) is 0 Å². The molecule has 0 spiro atoms. The van der Waals surface area contributed by atoms with Gasteiger partial charge >= 0.3 is 17.3 Å². The summed E-state index contributed by atoms with van der Waals surface area (Å²) in [7, 11) is -5.10. The van der Waals surface area contributed by atoms with Crippen molar-refractivity contribution in [2.45, 2.75) is 41.5 Å². The molecule has 2 N–H and O–H groups in total. The highest BCUT2D eigenvalue weighted by atomic mass is 32.2. The number of likely N-dealkylation sites (tertiary alicyclic amines) is 1. The average molecular weight is 455 g/mol. The first-order valence-electron chi connectivity index (χ1n) is 9.64. The number of halogens is 3. The van der Waals surface area contributed by atoms with Crippen molar-refractivity contribution in [2.75, 3.05) is 16.8 Å². The van der Waals surface area contributed by atoms with Crippen molar-refractivity contribution in [1.29, 1.82) is 0 Å². The fourth-order valence-electron chi connectivity index (χ4n) is 4.30. The molecule has 2 unspecified atom stereocenters. The quantitative estimate of drug-likeness (QED) is 0.725. The molecule has 2 aromatic carbocycles. The minimum absolute atomic E-state index is 0.0119. The van der Waals surface area contributed by atoms with Crippen LogP contribution < -0.4 is 10.2 Å². The molecule has 2 atom stereocenters. The SMILES string of the molecule is O=C(O)N1CCCCC1N1c2ccccc2NC1(C(F)(F)F)S(=O)(=O)c1ccccc1. The monoisotopic (exact) mass is 455 g/mol. The van der Waals surface area contributed by atoms with Gasteiger partial charge in [0.05, 0.1) is 16.3 Å². The molecule has 4 rings (SSSR count). The maximum absolute atomic E-state index is 14.8. The number of fused-ring (bicyclic) bond motifs is 1. The predicted molar refractivity (Wildman–Crippen MR) is 107 cm³/mol. The Hall–Kier alpha value is -2.95. The summed E-state index contributed by atoms with van der Waals surface area (Å²) in [6.07, 6.45) is -7.01. The Morgan fingerprint density at radius 3 is 2.35 bits per heavy atom. The molecule has 2 aliphatic rings. The van der Waals surface area contributed by atoms with E-state index >= 15 is 0 Å². The first-order chi connectivity index (χ1) is 14.6. The van der Waals surface area contributed by atoms with Gasteiger partial charge in [0.1, 0.15) is 6.17 Å². The normalized spacial score (nSPS) is 23.9. The summed E-state index contributed by atoms with van der Waals surface area (Å²) in [5.74, 6) is 0. The van der Waals surface area contributed by atoms with Crippen molar-refractivity contribution < 1.29 is 31.5 Å². The number of para-hydroxylation sites is 2. The molecule has 166 valence electrons. The van der Waals surface area contributed by atoms with Gasteiger partial charge in [-0.3, -0.25) is 4.90 Å². The van der Waals surface area contributed by atoms with Crippen LogP contribution in [0.15, 0.2) is 59.5 Å². The first-order valence-corrected chi connectivity index (χ1v) is 11.1. The molecule has 11 heteroatoms. The number of rotatable bonds is 3. The number of nitrogens with one attached hydrogen (secondary N) is 1. The lowest BCUT2D eigenvalue weighted by molar-refractivity contribution is -0.157. The van der Waals surface area contributed by atoms with Gasteiger partial charge in [0, 0.05) is 6.54 Å². The van der Waals surface area contributed by atoms with Gasteiger partial charge in [-0.2, -0.15) is 13.2 Å². The number of alkyl halides is 3. The van der Waals surface area contributed by atoms with E-state index in [9.17, 15) is 31.5 Å². The summed E-state index contributed by atoms with van der Waals surface area (Å²) in [5, 5.41) is 11.9. The van der Waals surface area contributed by atoms with Crippen molar-refractivity contribution in [1.82, 2.24) is 4.90 Å². The lowest BCUT2D eigenvalue weighted by Gasteiger charge is -2.48. The van der Waals surface area contributed by atoms with Crippen LogP contribution in [0.25, 0.3) is 0 Å². The Balaban J connectivity index is 2.01. The Labute approximate surface area is 177 Å². The number of hydrogen-bond donors (Lipinski definition) is 2. The molecule has 0 bridgehead atoms. The number of anilines is 2. The van der Waals surface area contributed by atoms with Crippen LogP contribution in [0, 0.1) is 0 Å². The Morgan fingerprint density at radius 1 is 1.06 bits per heavy atom. The number of carbonyl (C=O) groups is 1. The van der Waals surface area contributed by atoms with Gasteiger partial charge < -0.3 is 15.3 Å². The standard InChI is InChI=1S/C20H20F3N3O4S/c21-19(22,23)20(31(29,30)14-8-2-1-3-9-14)24-15-10-4-5-11-16(15)26(20)17-12-6-7-13-25(17)18(27)28/h1-5,8-11,17,24H,6-7,12-13H2,(H,27,28). The van der Waals surface area contributed by atoms with E-state index in [1.807, 2.05) is 0 Å². The van der Waals surface area contributed by atoms with Crippen LogP contribution in [0.2, 0.25) is 0 Å². The summed E-state index contributed by atoms with van der Waals surface area (Å²) >= 11 is 0. The topological polar surface area (TPSA) is 89.9 Å². The van der Waals surface area contributed by atoms with Crippen LogP contribution in [0.5, 0.6) is 0 Å². The van der Waals surface area contributed by atoms with Gasteiger partial charge in [-0.1, -0.05) is 30.3 Å². The van der Waals surface area contributed by atoms with Crippen LogP contribution >= 0.6 is 0 Å². The number of nitrogens with zero attached hydrogens (tertiary/aromatic N) is 2. The number of amides is 1. The maximum atomic E-state index is 14.8. The molecule has 2 heterocycles. The number of hydrogen-bond acceptors (Lipinski definition) is 5. The van der Waals surface area contributed by atoms with Crippen LogP contribution in [0.1, 0.15) is 19.3 Å². The zero-order chi connectivity index (χ0) is 22.4. The van der Waals surface area contributed by atoms with Crippen molar-refractivity contribution >= 4 is 27.3 Å². The molecule has 1 amide bonds. The van der Waals surface area contributed by atoms with Crippen LogP contribution in [0.4, 0.5) is 29.3 Å². The van der Waals surface area contributed by atoms with E-state index in [1.54, 1.807) is 0 Å². The molecular formula is C20H20F3N3O4S. The third kappa shape index (κ3) is 3.10. The van der Waals surface area contributed by atoms with E-state index in [2.05, 4.69) is 5.32 Å². The average Bonchev–Trinajstić information content (AvgIpc) is 3.11. The minimum atomic E-state index is -5.30. The van der Waals surface area contributed by atoms with Crippen LogP contribution in [0.3, 0.4) is 0 Å². The lowest BCUT2D eigenvalue weighted by Crippen LogP contribution is -2.71. The molecule has 0 aliphatic carbocycles. The Bertz CT molecular complexity index is 1090. The molecule has 7 nitrogen and oxygen atoms in total. The van der Waals surface area contributed by atoms with Gasteiger partial charge in [-0.05, 0) is 43.5 Å². The third-order valence-corrected chi connectivity index (χ3v) is 7.85. The van der Waals surface area contributed by atoms with E-state index in [-0.39, 0.29) is 24.3 Å². The van der Waals surface area contributed by atoms with Crippen molar-refractivity contribution in [3.8, 4) is 0 Å². The number of piperidine rings is 1. The van der Waals surface area contributed by atoms with Gasteiger partial charge in [0.15, 0.2) is 0 Å². The Kier molecular flexibility index (Phi) is 5.03. The molecule has 0 radical (unpaired) electrons. The molecule has 1 fully saturated rings. The van der Waals surface area contributed by atoms with E-state index in [4.69, 9.17) is 0 Å². The van der Waals surface area contributed by atoms with Crippen LogP contribution in [-0.2, 0) is 9.84 Å². The fraction of sp³-hybridized carbons (Fsp3) is 0.350. The van der Waals surface area contributed by atoms with E-state index in [0.717, 1.165) is 17.0 Å². The molecule has 2 aliphatic heterocycles. The van der Waals surface area contributed by atoms with Gasteiger partial charge in [-0.25, -0.2) is 13.2 Å². The summed E-state index contributed by atoms with van der Waals surface area (Å²) in [6.45, 7) is 0.0119. The fourth-order valence-corrected chi connectivity index (χ4v) is 6.19. The second-order valence-corrected chi connectivity index (χ2v) is 9.49. The molecular weight excluding hydrogens is 435 g/mol. The second kappa shape index (κ2) is 7.33. The van der Waals surface area contributed by atoms with Gasteiger partial charge in [0.2, 0.25) is 9.84 Å². The highest BCUT2D eigenvalue weighted by molar-refractivity contribution is 7.93. The summed E-state index contributed by atoms with van der Waals surface area (Å²) < 4.78 is 71.8. The number of benzene rings is 2. The molecule has 31 heavy (non-hydrogen) atoms. The van der Waals surface area contributed by atoms with E-state index in [0.29, 0.717) is 17.7 Å². The maximum Gasteiger partial charge on any atom is 0.446 e. The minimum Gasteiger partial charge on any atom is -0.465 e. The highest BCUT2D eigenvalue weighted by Gasteiger charge is 2.72. The molecule has 0 aromatic heterocycles. The van der Waals surface area contributed by atoms with Crippen LogP contribution in [-0.4, -0.2) is 48.4 Å². The summed E-state index contributed by atoms with van der Waals surface area (Å²) in [4.78, 5) is 9.35. The zero-order valence-electron chi connectivity index (χ0n) is 16.2. The summed E-state index contributed by atoms with van der Waals surface area (Å²) in [5.41, 5.74) is -0.0484. The zero-order valence-corrected chi connectivity index (χ0v) is 17.0. The smallest absolute Gasteiger partial charge is 0.446 e.